The zero-order valence-corrected chi connectivity index (χ0v) is 13.5. The van der Waals surface area contributed by atoms with E-state index in [-0.39, 0.29) is 0 Å². The van der Waals surface area contributed by atoms with Gasteiger partial charge in [0.1, 0.15) is 0 Å². The van der Waals surface area contributed by atoms with E-state index >= 15 is 0 Å². The van der Waals surface area contributed by atoms with Crippen LogP contribution in [0.2, 0.25) is 0 Å². The molecule has 3 aromatic rings. The van der Waals surface area contributed by atoms with E-state index in [1.54, 1.807) is 18.6 Å². The molecule has 0 amide bonds. The number of aromatic nitrogens is 4. The molecule has 5 nitrogen and oxygen atoms in total. The van der Waals surface area contributed by atoms with Crippen LogP contribution in [-0.2, 0) is 13.0 Å². The fourth-order valence-electron chi connectivity index (χ4n) is 2.52. The number of hydrogen-bond donors (Lipinski definition) is 0. The third-order valence-corrected chi connectivity index (χ3v) is 4.04. The van der Waals surface area contributed by atoms with Crippen molar-refractivity contribution in [1.29, 1.82) is 0 Å². The monoisotopic (exact) mass is 307 g/mol. The Labute approximate surface area is 136 Å². The van der Waals surface area contributed by atoms with E-state index in [4.69, 9.17) is 0 Å². The maximum atomic E-state index is 4.35. The zero-order valence-electron chi connectivity index (χ0n) is 13.5. The first kappa shape index (κ1) is 15.4. The van der Waals surface area contributed by atoms with Crippen LogP contribution in [-0.4, -0.2) is 37.5 Å². The molecule has 0 spiro atoms. The van der Waals surface area contributed by atoms with Crippen LogP contribution in [0.25, 0.3) is 5.69 Å². The molecule has 23 heavy (non-hydrogen) atoms. The lowest BCUT2D eigenvalue weighted by Gasteiger charge is -2.24. The number of benzene rings is 1. The van der Waals surface area contributed by atoms with Gasteiger partial charge in [0.15, 0.2) is 0 Å². The van der Waals surface area contributed by atoms with E-state index in [0.717, 1.165) is 24.3 Å². The summed E-state index contributed by atoms with van der Waals surface area (Å²) in [6, 6.07) is 8.98. The molecule has 1 atom stereocenters. The lowest BCUT2D eigenvalue weighted by atomic mass is 10.1. The number of imidazole rings is 1. The van der Waals surface area contributed by atoms with Gasteiger partial charge in [-0.2, -0.15) is 0 Å². The van der Waals surface area contributed by atoms with Gasteiger partial charge in [-0.15, -0.1) is 0 Å². The van der Waals surface area contributed by atoms with Crippen molar-refractivity contribution >= 4 is 0 Å². The number of hydrogen-bond acceptors (Lipinski definition) is 4. The zero-order chi connectivity index (χ0) is 16.1. The van der Waals surface area contributed by atoms with Crippen molar-refractivity contribution in [1.82, 2.24) is 24.4 Å². The van der Waals surface area contributed by atoms with E-state index in [2.05, 4.69) is 58.1 Å². The average molecular weight is 307 g/mol. The second-order valence-electron chi connectivity index (χ2n) is 5.80. The van der Waals surface area contributed by atoms with Gasteiger partial charge >= 0.3 is 0 Å². The Bertz CT molecular complexity index is 707. The Morgan fingerprint density at radius 1 is 1.09 bits per heavy atom. The smallest absolute Gasteiger partial charge is 0.0991 e. The number of nitrogens with zero attached hydrogens (tertiary/aromatic N) is 5. The Hall–Kier alpha value is -2.53. The number of likely N-dealkylation sites (N-methyl/N-ethyl adjacent to an activating group) is 1. The van der Waals surface area contributed by atoms with Crippen molar-refractivity contribution in [2.24, 2.45) is 0 Å². The SMILES string of the molecule is CC(Cc1cnccn1)N(C)Cc1ccc(-n2ccnc2)cc1. The molecule has 118 valence electrons. The Kier molecular flexibility index (Phi) is 4.78. The maximum Gasteiger partial charge on any atom is 0.0991 e. The third kappa shape index (κ3) is 4.02. The fraction of sp³-hybridized carbons (Fsp3) is 0.278. The molecule has 0 aliphatic rings. The quantitative estimate of drug-likeness (QED) is 0.702. The minimum Gasteiger partial charge on any atom is -0.306 e. The molecule has 1 aromatic carbocycles. The fourth-order valence-corrected chi connectivity index (χ4v) is 2.52. The van der Waals surface area contributed by atoms with Crippen molar-refractivity contribution in [3.05, 3.63) is 72.8 Å². The summed E-state index contributed by atoms with van der Waals surface area (Å²) in [5, 5.41) is 0. The first-order chi connectivity index (χ1) is 11.2. The molecule has 0 N–H and O–H groups in total. The van der Waals surface area contributed by atoms with Crippen molar-refractivity contribution < 1.29 is 0 Å². The van der Waals surface area contributed by atoms with Crippen LogP contribution in [0, 0.1) is 0 Å². The first-order valence-corrected chi connectivity index (χ1v) is 7.75. The van der Waals surface area contributed by atoms with Gasteiger partial charge in [0.2, 0.25) is 0 Å². The highest BCUT2D eigenvalue weighted by atomic mass is 15.1. The highest BCUT2D eigenvalue weighted by molar-refractivity contribution is 5.34. The van der Waals surface area contributed by atoms with E-state index in [0.29, 0.717) is 6.04 Å². The predicted octanol–water partition coefficient (Wildman–Crippen LogP) is 2.73. The van der Waals surface area contributed by atoms with Crippen LogP contribution in [0.1, 0.15) is 18.2 Å². The molecule has 0 bridgehead atoms. The highest BCUT2D eigenvalue weighted by Crippen LogP contribution is 2.13. The molecule has 2 heterocycles. The van der Waals surface area contributed by atoms with Gasteiger partial charge in [0, 0.05) is 55.7 Å². The summed E-state index contributed by atoms with van der Waals surface area (Å²) in [4.78, 5) is 14.9. The average Bonchev–Trinajstić information content (AvgIpc) is 3.11. The Balaban J connectivity index is 1.60. The van der Waals surface area contributed by atoms with Gasteiger partial charge in [-0.1, -0.05) is 12.1 Å². The van der Waals surface area contributed by atoms with Gasteiger partial charge in [-0.25, -0.2) is 4.98 Å². The largest absolute Gasteiger partial charge is 0.306 e. The minimum absolute atomic E-state index is 0.403. The molecule has 0 aliphatic heterocycles. The molecule has 1 unspecified atom stereocenters. The van der Waals surface area contributed by atoms with Crippen molar-refractivity contribution in [2.45, 2.75) is 25.9 Å². The molecule has 0 fully saturated rings. The van der Waals surface area contributed by atoms with Gasteiger partial charge in [0.25, 0.3) is 0 Å². The summed E-state index contributed by atoms with van der Waals surface area (Å²) >= 11 is 0. The Morgan fingerprint density at radius 3 is 2.57 bits per heavy atom. The number of rotatable bonds is 6. The lowest BCUT2D eigenvalue weighted by Crippen LogP contribution is -2.30. The van der Waals surface area contributed by atoms with E-state index in [1.807, 2.05) is 23.3 Å². The van der Waals surface area contributed by atoms with Crippen molar-refractivity contribution in [3.8, 4) is 5.69 Å². The van der Waals surface area contributed by atoms with Crippen LogP contribution in [0.3, 0.4) is 0 Å². The van der Waals surface area contributed by atoms with Gasteiger partial charge in [-0.3, -0.25) is 14.9 Å². The molecule has 3 rings (SSSR count). The molecular weight excluding hydrogens is 286 g/mol. The maximum absolute atomic E-state index is 4.35. The molecule has 2 aromatic heterocycles. The topological polar surface area (TPSA) is 46.8 Å². The first-order valence-electron chi connectivity index (χ1n) is 7.75. The van der Waals surface area contributed by atoms with E-state index in [1.165, 1.54) is 5.56 Å². The second kappa shape index (κ2) is 7.15. The van der Waals surface area contributed by atoms with E-state index < -0.39 is 0 Å². The van der Waals surface area contributed by atoms with Gasteiger partial charge in [0.05, 0.1) is 12.0 Å². The summed E-state index contributed by atoms with van der Waals surface area (Å²) in [6.07, 6.45) is 11.7. The van der Waals surface area contributed by atoms with Gasteiger partial charge in [-0.05, 0) is 31.7 Å². The summed E-state index contributed by atoms with van der Waals surface area (Å²) in [5.74, 6) is 0. The normalized spacial score (nSPS) is 12.5. The van der Waals surface area contributed by atoms with Crippen LogP contribution in [0.5, 0.6) is 0 Å². The van der Waals surface area contributed by atoms with Crippen molar-refractivity contribution in [2.75, 3.05) is 7.05 Å². The van der Waals surface area contributed by atoms with Crippen LogP contribution >= 0.6 is 0 Å². The minimum atomic E-state index is 0.403. The molecule has 0 saturated heterocycles. The van der Waals surface area contributed by atoms with Crippen LogP contribution in [0.15, 0.2) is 61.6 Å². The molecular formula is C18H21N5. The van der Waals surface area contributed by atoms with Gasteiger partial charge < -0.3 is 4.57 Å². The van der Waals surface area contributed by atoms with Crippen LogP contribution < -0.4 is 0 Å². The summed E-state index contributed by atoms with van der Waals surface area (Å²) in [7, 11) is 2.14. The molecule has 5 heteroatoms. The summed E-state index contributed by atoms with van der Waals surface area (Å²) < 4.78 is 2.00. The van der Waals surface area contributed by atoms with E-state index in [9.17, 15) is 0 Å². The Morgan fingerprint density at radius 2 is 1.91 bits per heavy atom. The molecule has 0 saturated carbocycles. The summed E-state index contributed by atoms with van der Waals surface area (Å²) in [6.45, 7) is 3.13. The third-order valence-electron chi connectivity index (χ3n) is 4.04. The second-order valence-corrected chi connectivity index (χ2v) is 5.80. The molecule has 0 aliphatic carbocycles. The van der Waals surface area contributed by atoms with Crippen LogP contribution in [0.4, 0.5) is 0 Å². The predicted molar refractivity (Wildman–Crippen MR) is 90.2 cm³/mol. The highest BCUT2D eigenvalue weighted by Gasteiger charge is 2.11. The standard InChI is InChI=1S/C18H21N5/c1-15(11-17-12-19-7-8-21-17)22(2)13-16-3-5-18(6-4-16)23-10-9-20-14-23/h3-10,12,14-15H,11,13H2,1-2H3. The summed E-state index contributed by atoms with van der Waals surface area (Å²) in [5.41, 5.74) is 3.45. The molecule has 0 radical (unpaired) electrons. The van der Waals surface area contributed by atoms with Crippen molar-refractivity contribution in [3.63, 3.8) is 0 Å². The lowest BCUT2D eigenvalue weighted by molar-refractivity contribution is 0.246.